The number of pyridine rings is 1. The summed E-state index contributed by atoms with van der Waals surface area (Å²) in [5.74, 6) is -0.726. The summed E-state index contributed by atoms with van der Waals surface area (Å²) in [7, 11) is 0. The van der Waals surface area contributed by atoms with Gasteiger partial charge in [0.15, 0.2) is 0 Å². The molecule has 2 aliphatic rings. The predicted molar refractivity (Wildman–Crippen MR) is 87.8 cm³/mol. The van der Waals surface area contributed by atoms with Crippen molar-refractivity contribution < 1.29 is 22.8 Å². The van der Waals surface area contributed by atoms with Crippen LogP contribution in [-0.2, 0) is 22.3 Å². The van der Waals surface area contributed by atoms with Crippen molar-refractivity contribution in [2.75, 3.05) is 6.54 Å². The minimum absolute atomic E-state index is 0.000295. The second kappa shape index (κ2) is 7.63. The fraction of sp³-hybridized carbons (Fsp3) is 0.611. The Morgan fingerprint density at radius 2 is 2.00 bits per heavy atom. The third-order valence-electron chi connectivity index (χ3n) is 5.13. The highest BCUT2D eigenvalue weighted by molar-refractivity contribution is 5.89. The molecule has 1 aliphatic heterocycles. The van der Waals surface area contributed by atoms with Crippen molar-refractivity contribution in [3.8, 4) is 0 Å². The molecule has 2 amide bonds. The van der Waals surface area contributed by atoms with Crippen LogP contribution < -0.4 is 5.32 Å². The first-order chi connectivity index (χ1) is 12.3. The van der Waals surface area contributed by atoms with Crippen molar-refractivity contribution in [3.63, 3.8) is 0 Å². The number of carbonyl (C=O) groups excluding carboxylic acids is 2. The highest BCUT2D eigenvalue weighted by atomic mass is 19.4. The van der Waals surface area contributed by atoms with Crippen LogP contribution in [0.4, 0.5) is 13.2 Å². The number of likely N-dealkylation sites (tertiary alicyclic amines) is 1. The van der Waals surface area contributed by atoms with Crippen LogP contribution in [0.3, 0.4) is 0 Å². The Labute approximate surface area is 150 Å². The summed E-state index contributed by atoms with van der Waals surface area (Å²) < 4.78 is 38.0. The molecule has 0 bridgehead atoms. The van der Waals surface area contributed by atoms with E-state index < -0.39 is 17.8 Å². The van der Waals surface area contributed by atoms with Crippen molar-refractivity contribution >= 4 is 11.8 Å². The minimum Gasteiger partial charge on any atom is -0.352 e. The van der Waals surface area contributed by atoms with E-state index in [2.05, 4.69) is 10.3 Å². The molecule has 142 valence electrons. The van der Waals surface area contributed by atoms with Gasteiger partial charge in [-0.15, -0.1) is 0 Å². The number of nitrogens with one attached hydrogen (secondary N) is 1. The summed E-state index contributed by atoms with van der Waals surface area (Å²) in [6, 6.07) is 2.58. The second-order valence-electron chi connectivity index (χ2n) is 7.00. The molecule has 1 saturated heterocycles. The number of alkyl halides is 3. The van der Waals surface area contributed by atoms with Gasteiger partial charge in [-0.05, 0) is 30.5 Å². The number of halogens is 3. The van der Waals surface area contributed by atoms with Gasteiger partial charge in [0.2, 0.25) is 11.8 Å². The van der Waals surface area contributed by atoms with E-state index in [0.29, 0.717) is 12.1 Å². The monoisotopic (exact) mass is 369 g/mol. The summed E-state index contributed by atoms with van der Waals surface area (Å²) in [5.41, 5.74) is -0.655. The molecule has 0 spiro atoms. The van der Waals surface area contributed by atoms with Gasteiger partial charge < -0.3 is 10.2 Å². The number of rotatable bonds is 4. The van der Waals surface area contributed by atoms with Crippen molar-refractivity contribution in [2.24, 2.45) is 5.92 Å². The van der Waals surface area contributed by atoms with Crippen molar-refractivity contribution in [3.05, 3.63) is 29.6 Å². The fourth-order valence-electron chi connectivity index (χ4n) is 3.73. The maximum Gasteiger partial charge on any atom is 0.433 e. The quantitative estimate of drug-likeness (QED) is 0.888. The van der Waals surface area contributed by atoms with E-state index in [-0.39, 0.29) is 30.8 Å². The molecule has 1 atom stereocenters. The highest BCUT2D eigenvalue weighted by Gasteiger charge is 2.38. The first kappa shape index (κ1) is 18.7. The Kier molecular flexibility index (Phi) is 5.48. The van der Waals surface area contributed by atoms with E-state index in [1.807, 2.05) is 4.90 Å². The van der Waals surface area contributed by atoms with Crippen LogP contribution in [0.15, 0.2) is 18.3 Å². The Morgan fingerprint density at radius 3 is 2.69 bits per heavy atom. The van der Waals surface area contributed by atoms with Crippen LogP contribution in [0.1, 0.15) is 49.8 Å². The molecular formula is C18H22F3N3O2. The van der Waals surface area contributed by atoms with Gasteiger partial charge in [0.25, 0.3) is 0 Å². The van der Waals surface area contributed by atoms with Crippen LogP contribution in [-0.4, -0.2) is 34.3 Å². The third kappa shape index (κ3) is 4.34. The van der Waals surface area contributed by atoms with E-state index in [9.17, 15) is 22.8 Å². The van der Waals surface area contributed by atoms with Crippen molar-refractivity contribution in [1.29, 1.82) is 0 Å². The molecule has 26 heavy (non-hydrogen) atoms. The predicted octanol–water partition coefficient (Wildman–Crippen LogP) is 2.90. The summed E-state index contributed by atoms with van der Waals surface area (Å²) >= 11 is 0. The molecule has 3 rings (SSSR count). The Balaban J connectivity index is 1.55. The smallest absolute Gasteiger partial charge is 0.352 e. The molecule has 2 heterocycles. The van der Waals surface area contributed by atoms with Crippen LogP contribution >= 0.6 is 0 Å². The summed E-state index contributed by atoms with van der Waals surface area (Å²) in [6.45, 7) is 0.387. The van der Waals surface area contributed by atoms with E-state index in [1.54, 1.807) is 0 Å². The van der Waals surface area contributed by atoms with E-state index in [1.165, 1.54) is 12.5 Å². The zero-order valence-electron chi connectivity index (χ0n) is 14.4. The van der Waals surface area contributed by atoms with E-state index in [0.717, 1.165) is 37.9 Å². The normalized spacial score (nSPS) is 21.9. The Hall–Kier alpha value is -2.12. The molecule has 1 N–H and O–H groups in total. The zero-order valence-corrected chi connectivity index (χ0v) is 14.4. The fourth-order valence-corrected chi connectivity index (χ4v) is 3.73. The molecule has 1 unspecified atom stereocenters. The number of amides is 2. The number of hydrogen-bond donors (Lipinski definition) is 1. The lowest BCUT2D eigenvalue weighted by Crippen LogP contribution is -2.39. The largest absolute Gasteiger partial charge is 0.433 e. The molecule has 2 fully saturated rings. The number of aromatic nitrogens is 1. The molecular weight excluding hydrogens is 347 g/mol. The summed E-state index contributed by atoms with van der Waals surface area (Å²) in [5, 5.41) is 2.65. The number of carbonyl (C=O) groups is 2. The average molecular weight is 369 g/mol. The minimum atomic E-state index is -4.52. The van der Waals surface area contributed by atoms with Gasteiger partial charge in [-0.25, -0.2) is 0 Å². The number of hydrogen-bond acceptors (Lipinski definition) is 3. The van der Waals surface area contributed by atoms with Gasteiger partial charge >= 0.3 is 6.18 Å². The van der Waals surface area contributed by atoms with Crippen LogP contribution in [0, 0.1) is 5.92 Å². The maximum absolute atomic E-state index is 12.7. The van der Waals surface area contributed by atoms with Crippen LogP contribution in [0.2, 0.25) is 0 Å². The molecule has 0 radical (unpaired) electrons. The molecule has 1 aromatic rings. The van der Waals surface area contributed by atoms with E-state index >= 15 is 0 Å². The van der Waals surface area contributed by atoms with Gasteiger partial charge in [-0.2, -0.15) is 13.2 Å². The summed E-state index contributed by atoms with van der Waals surface area (Å²) in [4.78, 5) is 29.7. The van der Waals surface area contributed by atoms with Crippen molar-refractivity contribution in [1.82, 2.24) is 15.2 Å². The summed E-state index contributed by atoms with van der Waals surface area (Å²) in [6.07, 6.45) is 2.10. The van der Waals surface area contributed by atoms with Crippen LogP contribution in [0.5, 0.6) is 0 Å². The lowest BCUT2D eigenvalue weighted by Gasteiger charge is -2.31. The molecule has 5 nitrogen and oxygen atoms in total. The van der Waals surface area contributed by atoms with Crippen LogP contribution in [0.25, 0.3) is 0 Å². The molecule has 1 aromatic heterocycles. The van der Waals surface area contributed by atoms with Gasteiger partial charge in [0.05, 0.1) is 5.92 Å². The first-order valence-corrected chi connectivity index (χ1v) is 8.94. The molecule has 8 heteroatoms. The Bertz CT molecular complexity index is 672. The second-order valence-corrected chi connectivity index (χ2v) is 7.00. The maximum atomic E-state index is 12.7. The first-order valence-electron chi connectivity index (χ1n) is 8.94. The van der Waals surface area contributed by atoms with Gasteiger partial charge in [-0.3, -0.25) is 14.6 Å². The molecule has 0 aromatic carbocycles. The van der Waals surface area contributed by atoms with Crippen molar-refractivity contribution in [2.45, 2.75) is 57.3 Å². The lowest BCUT2D eigenvalue weighted by atomic mass is 9.94. The lowest BCUT2D eigenvalue weighted by molar-refractivity contribution is -0.141. The van der Waals surface area contributed by atoms with Gasteiger partial charge in [0, 0.05) is 31.7 Å². The topological polar surface area (TPSA) is 62.3 Å². The SMILES string of the molecule is O=C(NCc1ccnc(C(F)(F)F)c1)C1CC(=O)N(C2CCCCC2)C1. The molecule has 1 saturated carbocycles. The van der Waals surface area contributed by atoms with E-state index in [4.69, 9.17) is 0 Å². The van der Waals surface area contributed by atoms with Gasteiger partial charge in [-0.1, -0.05) is 19.3 Å². The third-order valence-corrected chi connectivity index (χ3v) is 5.13. The van der Waals surface area contributed by atoms with Gasteiger partial charge in [0.1, 0.15) is 5.69 Å². The molecule has 1 aliphatic carbocycles. The zero-order chi connectivity index (χ0) is 18.7. The Morgan fingerprint density at radius 1 is 1.27 bits per heavy atom. The average Bonchev–Trinajstić information content (AvgIpc) is 3.02. The highest BCUT2D eigenvalue weighted by Crippen LogP contribution is 2.29. The number of nitrogens with zero attached hydrogens (tertiary/aromatic N) is 2. The standard InChI is InChI=1S/C18H22F3N3O2/c19-18(20,21)15-8-12(6-7-22-15)10-23-17(26)13-9-16(25)24(11-13)14-4-2-1-3-5-14/h6-8,13-14H,1-5,9-11H2,(H,23,26).